The van der Waals surface area contributed by atoms with Gasteiger partial charge >= 0.3 is 12.2 Å². The van der Waals surface area contributed by atoms with E-state index in [4.69, 9.17) is 9.47 Å². The Hall–Kier alpha value is -4.14. The number of fused-ring (bicyclic) bond motifs is 4. The van der Waals surface area contributed by atoms with E-state index in [1.165, 1.54) is 10.5 Å². The fourth-order valence-electron chi connectivity index (χ4n) is 8.23. The van der Waals surface area contributed by atoms with Gasteiger partial charge in [-0.25, -0.2) is 18.0 Å². The number of hydrogen-bond donors (Lipinski definition) is 3. The molecule has 302 valence electrons. The lowest BCUT2D eigenvalue weighted by Crippen LogP contribution is -2.60. The molecule has 3 N–H and O–H groups in total. The number of nitrogens with one attached hydrogen (secondary N) is 3. The maximum absolute atomic E-state index is 14.6. The molecule has 1 aliphatic carbocycles. The first-order valence-corrected chi connectivity index (χ1v) is 21.4. The Balaban J connectivity index is 1.29. The predicted molar refractivity (Wildman–Crippen MR) is 204 cm³/mol. The van der Waals surface area contributed by atoms with Gasteiger partial charge in [0.1, 0.15) is 23.7 Å². The Morgan fingerprint density at radius 1 is 1.00 bits per heavy atom. The molecule has 1 aromatic rings. The van der Waals surface area contributed by atoms with Gasteiger partial charge in [0.2, 0.25) is 21.8 Å². The van der Waals surface area contributed by atoms with Gasteiger partial charge in [0.15, 0.2) is 0 Å². The quantitative estimate of drug-likeness (QED) is 0.366. The number of cyclic esters (lactones) is 1. The molecule has 14 nitrogen and oxygen atoms in total. The SMILES string of the molecule is CC1(C)CCCCc2cccc3c2CN(C3)C(=O)O[C@@H]2C[C@@H](C(=O)N[C@]34C[C@H]3C=CCCCCCS(=O)(=O)NC4=O)N(C2)C(=O)[C@H](C(C)(C)C)NC(=O)OC1. The van der Waals surface area contributed by atoms with E-state index in [1.807, 2.05) is 38.1 Å². The average Bonchev–Trinajstić information content (AvgIpc) is 3.40. The van der Waals surface area contributed by atoms with Gasteiger partial charge in [-0.1, -0.05) is 77.8 Å². The third-order valence-corrected chi connectivity index (χ3v) is 13.0. The zero-order valence-corrected chi connectivity index (χ0v) is 33.6. The maximum atomic E-state index is 14.6. The molecule has 0 unspecified atom stereocenters. The second-order valence-corrected chi connectivity index (χ2v) is 19.7. The van der Waals surface area contributed by atoms with Crippen molar-refractivity contribution in [1.82, 2.24) is 25.2 Å². The fraction of sp³-hybridized carbons (Fsp3) is 0.675. The summed E-state index contributed by atoms with van der Waals surface area (Å²) in [5, 5.41) is 5.59. The van der Waals surface area contributed by atoms with Crippen LogP contribution >= 0.6 is 0 Å². The summed E-state index contributed by atoms with van der Waals surface area (Å²) in [6.45, 7) is 10.2. The van der Waals surface area contributed by atoms with Crippen LogP contribution in [0.15, 0.2) is 30.4 Å². The van der Waals surface area contributed by atoms with Crippen molar-refractivity contribution in [3.05, 3.63) is 47.0 Å². The smallest absolute Gasteiger partial charge is 0.410 e. The van der Waals surface area contributed by atoms with Crippen LogP contribution in [0, 0.1) is 16.7 Å². The summed E-state index contributed by atoms with van der Waals surface area (Å²) in [5.41, 5.74) is 0.643. The molecule has 4 heterocycles. The molecule has 4 bridgehead atoms. The normalized spacial score (nSPS) is 30.3. The molecule has 15 heteroatoms. The zero-order chi connectivity index (χ0) is 39.8. The summed E-state index contributed by atoms with van der Waals surface area (Å²) >= 11 is 0. The minimum Gasteiger partial charge on any atom is -0.449 e. The van der Waals surface area contributed by atoms with Gasteiger partial charge in [-0.3, -0.25) is 24.0 Å². The molecule has 6 rings (SSSR count). The molecule has 2 fully saturated rings. The lowest BCUT2D eigenvalue weighted by Gasteiger charge is -2.35. The number of rotatable bonds is 2. The van der Waals surface area contributed by atoms with Crippen molar-refractivity contribution in [1.29, 1.82) is 0 Å². The molecule has 0 spiro atoms. The van der Waals surface area contributed by atoms with Crippen molar-refractivity contribution >= 4 is 39.9 Å². The summed E-state index contributed by atoms with van der Waals surface area (Å²) in [7, 11) is -3.94. The van der Waals surface area contributed by atoms with Crippen LogP contribution in [0.2, 0.25) is 0 Å². The van der Waals surface area contributed by atoms with E-state index in [9.17, 15) is 32.4 Å². The lowest BCUT2D eigenvalue weighted by molar-refractivity contribution is -0.143. The van der Waals surface area contributed by atoms with Crippen LogP contribution in [-0.4, -0.2) is 90.8 Å². The molecule has 5 atom stereocenters. The first kappa shape index (κ1) is 40.5. The Bertz CT molecular complexity index is 1820. The largest absolute Gasteiger partial charge is 0.449 e. The van der Waals surface area contributed by atoms with E-state index >= 15 is 0 Å². The number of aryl methyl sites for hydroxylation is 1. The maximum Gasteiger partial charge on any atom is 0.410 e. The first-order chi connectivity index (χ1) is 25.9. The molecular formula is C40H57N5O9S. The van der Waals surface area contributed by atoms with Gasteiger partial charge in [-0.2, -0.15) is 0 Å². The Kier molecular flexibility index (Phi) is 11.6. The van der Waals surface area contributed by atoms with Gasteiger partial charge in [0, 0.05) is 25.4 Å². The molecule has 5 amide bonds. The van der Waals surface area contributed by atoms with Crippen LogP contribution in [0.3, 0.4) is 0 Å². The standard InChI is InChI=1S/C40H57N5O9S/c1-38(2,3)32-34(47)45-23-29(20-31(45)33(46)42-40-21-28(40)17-9-7-6-8-12-19-55(51,52)43-35(40)48)54-37(50)44-22-27-16-13-15-26(30(27)24-44)14-10-11-18-39(4,5)25-53-36(49)41-32/h9,13,15-17,28-29,31-32H,6-8,10-12,14,18-25H2,1-5H3,(H,41,49)(H,42,46)(H,43,48)/t28-,29-,31+,32-,40-/m1/s1. The molecular weight excluding hydrogens is 727 g/mol. The number of nitrogens with zero attached hydrogens (tertiary/aromatic N) is 2. The summed E-state index contributed by atoms with van der Waals surface area (Å²) < 4.78 is 39.5. The molecule has 5 aliphatic rings. The third-order valence-electron chi connectivity index (χ3n) is 11.6. The van der Waals surface area contributed by atoms with E-state index in [0.717, 1.165) is 43.2 Å². The molecule has 1 saturated carbocycles. The van der Waals surface area contributed by atoms with E-state index in [2.05, 4.69) is 21.4 Å². The summed E-state index contributed by atoms with van der Waals surface area (Å²) in [5.74, 6) is -2.75. The van der Waals surface area contributed by atoms with Crippen molar-refractivity contribution in [2.24, 2.45) is 16.7 Å². The first-order valence-electron chi connectivity index (χ1n) is 19.7. The molecule has 1 saturated heterocycles. The summed E-state index contributed by atoms with van der Waals surface area (Å²) in [6.07, 6.45) is 7.78. The van der Waals surface area contributed by atoms with E-state index < -0.39 is 75.0 Å². The van der Waals surface area contributed by atoms with Gasteiger partial charge in [0.25, 0.3) is 5.91 Å². The van der Waals surface area contributed by atoms with Crippen LogP contribution in [0.4, 0.5) is 9.59 Å². The second-order valence-electron chi connectivity index (χ2n) is 17.8. The van der Waals surface area contributed by atoms with E-state index in [-0.39, 0.29) is 37.2 Å². The van der Waals surface area contributed by atoms with Crippen LogP contribution in [0.5, 0.6) is 0 Å². The molecule has 55 heavy (non-hydrogen) atoms. The van der Waals surface area contributed by atoms with Crippen LogP contribution in [0.25, 0.3) is 0 Å². The van der Waals surface area contributed by atoms with Crippen molar-refractivity contribution in [3.8, 4) is 0 Å². The van der Waals surface area contributed by atoms with Crippen LogP contribution in [-0.2, 0) is 53.4 Å². The van der Waals surface area contributed by atoms with Crippen molar-refractivity contribution in [2.45, 2.75) is 136 Å². The predicted octanol–water partition coefficient (Wildman–Crippen LogP) is 4.45. The highest BCUT2D eigenvalue weighted by Gasteiger charge is 2.62. The number of ether oxygens (including phenoxy) is 2. The number of carbonyl (C=O) groups is 5. The highest BCUT2D eigenvalue weighted by atomic mass is 32.2. The minimum atomic E-state index is -3.94. The minimum absolute atomic E-state index is 0.0681. The molecule has 0 aromatic heterocycles. The number of benzene rings is 1. The van der Waals surface area contributed by atoms with Crippen molar-refractivity contribution < 1.29 is 41.9 Å². The Labute approximate surface area is 324 Å². The lowest BCUT2D eigenvalue weighted by atomic mass is 9.85. The Morgan fingerprint density at radius 3 is 2.53 bits per heavy atom. The van der Waals surface area contributed by atoms with E-state index in [0.29, 0.717) is 32.4 Å². The molecule has 1 aromatic carbocycles. The summed E-state index contributed by atoms with van der Waals surface area (Å²) in [6, 6.07) is 3.77. The molecule has 0 radical (unpaired) electrons. The molecule has 4 aliphatic heterocycles. The number of amides is 5. The summed E-state index contributed by atoms with van der Waals surface area (Å²) in [4.78, 5) is 72.5. The monoisotopic (exact) mass is 783 g/mol. The van der Waals surface area contributed by atoms with Gasteiger partial charge < -0.3 is 25.0 Å². The average molecular weight is 784 g/mol. The van der Waals surface area contributed by atoms with Gasteiger partial charge in [0.05, 0.1) is 18.9 Å². The number of allylic oxidation sites excluding steroid dienone is 1. The number of alkyl carbamates (subject to hydrolysis) is 1. The highest BCUT2D eigenvalue weighted by molar-refractivity contribution is 7.90. The number of sulfonamides is 1. The van der Waals surface area contributed by atoms with Crippen LogP contribution < -0.4 is 15.4 Å². The van der Waals surface area contributed by atoms with Gasteiger partial charge in [-0.15, -0.1) is 0 Å². The van der Waals surface area contributed by atoms with Crippen molar-refractivity contribution in [2.75, 3.05) is 18.9 Å². The number of carbonyl (C=O) groups excluding carboxylic acids is 5. The van der Waals surface area contributed by atoms with E-state index in [1.54, 1.807) is 25.7 Å². The van der Waals surface area contributed by atoms with Gasteiger partial charge in [-0.05, 0) is 72.5 Å². The Morgan fingerprint density at radius 2 is 1.76 bits per heavy atom. The topological polar surface area (TPSA) is 181 Å². The van der Waals surface area contributed by atoms with Crippen molar-refractivity contribution in [3.63, 3.8) is 0 Å². The zero-order valence-electron chi connectivity index (χ0n) is 32.8. The second kappa shape index (κ2) is 15.8. The third kappa shape index (κ3) is 9.46. The highest BCUT2D eigenvalue weighted by Crippen LogP contribution is 2.46. The fourth-order valence-corrected chi connectivity index (χ4v) is 9.38. The number of hydrogen-bond acceptors (Lipinski definition) is 9. The van der Waals surface area contributed by atoms with Crippen LogP contribution in [0.1, 0.15) is 109 Å².